The number of ether oxygens (including phenoxy) is 1. The Morgan fingerprint density at radius 2 is 2.00 bits per heavy atom. The van der Waals surface area contributed by atoms with Crippen LogP contribution in [0.1, 0.15) is 24.5 Å². The molecule has 0 radical (unpaired) electrons. The maximum absolute atomic E-state index is 13.1. The Bertz CT molecular complexity index is 601. The van der Waals surface area contributed by atoms with Crippen LogP contribution in [0.3, 0.4) is 0 Å². The molecule has 2 rings (SSSR count). The molecule has 3 nitrogen and oxygen atoms in total. The molecule has 0 saturated heterocycles. The molecule has 22 heavy (non-hydrogen) atoms. The van der Waals surface area contributed by atoms with Crippen LogP contribution in [-0.2, 0) is 22.4 Å². The first-order valence-corrected chi connectivity index (χ1v) is 7.45. The Hall–Kier alpha value is -2.23. The number of hydrogen-bond acceptors (Lipinski definition) is 3. The van der Waals surface area contributed by atoms with Gasteiger partial charge in [0, 0.05) is 12.4 Å². The van der Waals surface area contributed by atoms with Crippen molar-refractivity contribution in [3.63, 3.8) is 0 Å². The SMILES string of the molecule is CC(Cc1cccc(F)c1)C(=O)OCCCc1ccncc1. The van der Waals surface area contributed by atoms with Gasteiger partial charge in [-0.15, -0.1) is 0 Å². The van der Waals surface area contributed by atoms with E-state index in [1.807, 2.05) is 18.2 Å². The van der Waals surface area contributed by atoms with E-state index >= 15 is 0 Å². The molecule has 0 bridgehead atoms. The van der Waals surface area contributed by atoms with Gasteiger partial charge in [-0.3, -0.25) is 9.78 Å². The van der Waals surface area contributed by atoms with Crippen molar-refractivity contribution in [2.24, 2.45) is 5.92 Å². The number of aryl methyl sites for hydroxylation is 1. The maximum Gasteiger partial charge on any atom is 0.308 e. The first kappa shape index (κ1) is 16.1. The van der Waals surface area contributed by atoms with E-state index in [4.69, 9.17) is 4.74 Å². The first-order chi connectivity index (χ1) is 10.6. The number of benzene rings is 1. The Kier molecular flexibility index (Phi) is 6.07. The van der Waals surface area contributed by atoms with Gasteiger partial charge >= 0.3 is 5.97 Å². The highest BCUT2D eigenvalue weighted by Gasteiger charge is 2.15. The summed E-state index contributed by atoms with van der Waals surface area (Å²) in [5.74, 6) is -0.794. The molecule has 0 aliphatic carbocycles. The third kappa shape index (κ3) is 5.28. The molecule has 0 amide bonds. The van der Waals surface area contributed by atoms with Crippen LogP contribution in [-0.4, -0.2) is 17.6 Å². The average Bonchev–Trinajstić information content (AvgIpc) is 2.52. The molecule has 4 heteroatoms. The summed E-state index contributed by atoms with van der Waals surface area (Å²) >= 11 is 0. The van der Waals surface area contributed by atoms with Crippen LogP contribution in [0, 0.1) is 11.7 Å². The number of aromatic nitrogens is 1. The van der Waals surface area contributed by atoms with Crippen LogP contribution in [0.4, 0.5) is 4.39 Å². The summed E-state index contributed by atoms with van der Waals surface area (Å²) in [7, 11) is 0. The van der Waals surface area contributed by atoms with Crippen molar-refractivity contribution in [3.8, 4) is 0 Å². The molecule has 0 saturated carbocycles. The molecule has 116 valence electrons. The molecule has 1 unspecified atom stereocenters. The Labute approximate surface area is 130 Å². The number of carbonyl (C=O) groups is 1. The van der Waals surface area contributed by atoms with Crippen LogP contribution >= 0.6 is 0 Å². The van der Waals surface area contributed by atoms with E-state index in [0.717, 1.165) is 18.4 Å². The fourth-order valence-corrected chi connectivity index (χ4v) is 2.24. The second-order valence-corrected chi connectivity index (χ2v) is 5.36. The van der Waals surface area contributed by atoms with Crippen molar-refractivity contribution in [2.75, 3.05) is 6.61 Å². The summed E-state index contributed by atoms with van der Waals surface area (Å²) in [6, 6.07) is 10.2. The van der Waals surface area contributed by atoms with E-state index in [1.54, 1.807) is 25.4 Å². The number of carbonyl (C=O) groups excluding carboxylic acids is 1. The minimum absolute atomic E-state index is 0.237. The maximum atomic E-state index is 13.1. The minimum atomic E-state index is -0.282. The van der Waals surface area contributed by atoms with Gasteiger partial charge < -0.3 is 4.74 Å². The van der Waals surface area contributed by atoms with Crippen molar-refractivity contribution in [2.45, 2.75) is 26.2 Å². The fraction of sp³-hybridized carbons (Fsp3) is 0.333. The molecule has 1 aromatic carbocycles. The van der Waals surface area contributed by atoms with Gasteiger partial charge in [0.1, 0.15) is 5.82 Å². The lowest BCUT2D eigenvalue weighted by atomic mass is 10.0. The van der Waals surface area contributed by atoms with E-state index in [9.17, 15) is 9.18 Å². The third-order valence-corrected chi connectivity index (χ3v) is 3.44. The number of esters is 1. The molecule has 0 spiro atoms. The molecule has 0 aliphatic heterocycles. The molecule has 1 heterocycles. The van der Waals surface area contributed by atoms with Crippen LogP contribution in [0.25, 0.3) is 0 Å². The molecule has 0 fully saturated rings. The number of nitrogens with zero attached hydrogens (tertiary/aromatic N) is 1. The van der Waals surface area contributed by atoms with Crippen molar-refractivity contribution < 1.29 is 13.9 Å². The molecule has 0 aliphatic rings. The normalized spacial score (nSPS) is 11.9. The summed E-state index contributed by atoms with van der Waals surface area (Å²) < 4.78 is 18.4. The average molecular weight is 301 g/mol. The van der Waals surface area contributed by atoms with Gasteiger partial charge in [0.05, 0.1) is 12.5 Å². The van der Waals surface area contributed by atoms with Gasteiger partial charge in [-0.2, -0.15) is 0 Å². The first-order valence-electron chi connectivity index (χ1n) is 7.45. The second kappa shape index (κ2) is 8.27. The monoisotopic (exact) mass is 301 g/mol. The Morgan fingerprint density at radius 3 is 2.73 bits per heavy atom. The molecule has 1 aromatic heterocycles. The largest absolute Gasteiger partial charge is 0.465 e. The number of halogens is 1. The zero-order valence-corrected chi connectivity index (χ0v) is 12.7. The number of rotatable bonds is 7. The quantitative estimate of drug-likeness (QED) is 0.579. The van der Waals surface area contributed by atoms with Gasteiger partial charge in [-0.25, -0.2) is 4.39 Å². The highest BCUT2D eigenvalue weighted by molar-refractivity contribution is 5.72. The molecule has 1 atom stereocenters. The van der Waals surface area contributed by atoms with Gasteiger partial charge in [-0.05, 0) is 54.7 Å². The lowest BCUT2D eigenvalue weighted by Crippen LogP contribution is -2.18. The third-order valence-electron chi connectivity index (χ3n) is 3.44. The van der Waals surface area contributed by atoms with Crippen molar-refractivity contribution in [1.29, 1.82) is 0 Å². The summed E-state index contributed by atoms with van der Waals surface area (Å²) in [5.41, 5.74) is 1.99. The Balaban J connectivity index is 1.70. The van der Waals surface area contributed by atoms with Gasteiger partial charge in [0.25, 0.3) is 0 Å². The summed E-state index contributed by atoms with van der Waals surface area (Å²) in [6.07, 6.45) is 5.63. The van der Waals surface area contributed by atoms with E-state index in [0.29, 0.717) is 13.0 Å². The molecule has 2 aromatic rings. The minimum Gasteiger partial charge on any atom is -0.465 e. The van der Waals surface area contributed by atoms with Gasteiger partial charge in [0.15, 0.2) is 0 Å². The van der Waals surface area contributed by atoms with Crippen molar-refractivity contribution in [3.05, 3.63) is 65.7 Å². The van der Waals surface area contributed by atoms with Crippen LogP contribution < -0.4 is 0 Å². The van der Waals surface area contributed by atoms with Crippen LogP contribution in [0.15, 0.2) is 48.8 Å². The molecular formula is C18H20FNO2. The summed E-state index contributed by atoms with van der Waals surface area (Å²) in [6.45, 7) is 2.20. The number of hydrogen-bond donors (Lipinski definition) is 0. The van der Waals surface area contributed by atoms with Crippen LogP contribution in [0.2, 0.25) is 0 Å². The predicted octanol–water partition coefficient (Wildman–Crippen LogP) is 3.58. The van der Waals surface area contributed by atoms with E-state index in [1.165, 1.54) is 17.7 Å². The van der Waals surface area contributed by atoms with Crippen LogP contribution in [0.5, 0.6) is 0 Å². The van der Waals surface area contributed by atoms with Gasteiger partial charge in [0.2, 0.25) is 0 Å². The predicted molar refractivity (Wildman–Crippen MR) is 82.8 cm³/mol. The Morgan fingerprint density at radius 1 is 1.23 bits per heavy atom. The highest BCUT2D eigenvalue weighted by atomic mass is 19.1. The van der Waals surface area contributed by atoms with E-state index in [2.05, 4.69) is 4.98 Å². The lowest BCUT2D eigenvalue weighted by molar-refractivity contribution is -0.148. The van der Waals surface area contributed by atoms with Crippen molar-refractivity contribution in [1.82, 2.24) is 4.98 Å². The summed E-state index contributed by atoms with van der Waals surface area (Å²) in [4.78, 5) is 15.9. The number of pyridine rings is 1. The smallest absolute Gasteiger partial charge is 0.308 e. The molecular weight excluding hydrogens is 281 g/mol. The summed E-state index contributed by atoms with van der Waals surface area (Å²) in [5, 5.41) is 0. The zero-order valence-electron chi connectivity index (χ0n) is 12.7. The lowest BCUT2D eigenvalue weighted by Gasteiger charge is -2.11. The van der Waals surface area contributed by atoms with Gasteiger partial charge in [-0.1, -0.05) is 19.1 Å². The topological polar surface area (TPSA) is 39.2 Å². The van der Waals surface area contributed by atoms with Crippen molar-refractivity contribution >= 4 is 5.97 Å². The second-order valence-electron chi connectivity index (χ2n) is 5.36. The van der Waals surface area contributed by atoms with E-state index in [-0.39, 0.29) is 17.7 Å². The molecule has 0 N–H and O–H groups in total. The standard InChI is InChI=1S/C18H20FNO2/c1-14(12-16-4-2-6-17(19)13-16)18(21)22-11-3-5-15-7-9-20-10-8-15/h2,4,6-10,13-14H,3,5,11-12H2,1H3. The fourth-order valence-electron chi connectivity index (χ4n) is 2.24. The highest BCUT2D eigenvalue weighted by Crippen LogP contribution is 2.12. The zero-order chi connectivity index (χ0) is 15.8. The van der Waals surface area contributed by atoms with E-state index < -0.39 is 0 Å².